The number of carbonyl (C=O) groups is 1. The third kappa shape index (κ3) is 4.36. The SMILES string of the molecule is O=C(CN=Cc1ccc([N+](=O)[O-])c(O)c1)c1cc(-c2ccc(Cl)cc2Cl)n[nH]1. The number of aromatic amines is 1. The fraction of sp³-hybridized carbons (Fsp3) is 0.0556. The number of benzene rings is 2. The molecule has 1 heterocycles. The number of phenolic OH excluding ortho intramolecular Hbond substituents is 1. The van der Waals surface area contributed by atoms with Gasteiger partial charge in [-0.15, -0.1) is 0 Å². The first-order valence-electron chi connectivity index (χ1n) is 7.86. The van der Waals surface area contributed by atoms with Crippen LogP contribution in [-0.4, -0.2) is 38.8 Å². The van der Waals surface area contributed by atoms with Crippen molar-refractivity contribution in [3.8, 4) is 17.0 Å². The van der Waals surface area contributed by atoms with Gasteiger partial charge in [-0.1, -0.05) is 23.2 Å². The molecule has 0 unspecified atom stereocenters. The van der Waals surface area contributed by atoms with Gasteiger partial charge in [-0.3, -0.25) is 25.0 Å². The predicted molar refractivity (Wildman–Crippen MR) is 106 cm³/mol. The number of ketones is 1. The standard InChI is InChI=1S/C18H12Cl2N4O4/c19-11-2-3-12(13(20)6-11)14-7-15(23-22-14)18(26)9-21-8-10-1-4-16(24(27)28)17(25)5-10/h1-8,25H,9H2,(H,22,23). The van der Waals surface area contributed by atoms with Crippen LogP contribution in [0.5, 0.6) is 5.75 Å². The van der Waals surface area contributed by atoms with Crippen LogP contribution in [-0.2, 0) is 0 Å². The Hall–Kier alpha value is -3.23. The monoisotopic (exact) mass is 418 g/mol. The number of aliphatic imine (C=N–C) groups is 1. The Labute approximate surface area is 168 Å². The average molecular weight is 419 g/mol. The number of hydrogen-bond acceptors (Lipinski definition) is 6. The number of H-pyrrole nitrogens is 1. The lowest BCUT2D eigenvalue weighted by atomic mass is 10.1. The summed E-state index contributed by atoms with van der Waals surface area (Å²) in [7, 11) is 0. The number of aromatic hydroxyl groups is 1. The molecule has 0 aliphatic heterocycles. The molecular formula is C18H12Cl2N4O4. The molecule has 0 aliphatic carbocycles. The predicted octanol–water partition coefficient (Wildman–Crippen LogP) is 4.30. The number of Topliss-reactive ketones (excluding diaryl/α,β-unsaturated/α-hetero) is 1. The maximum Gasteiger partial charge on any atom is 0.310 e. The van der Waals surface area contributed by atoms with Crippen molar-refractivity contribution < 1.29 is 14.8 Å². The van der Waals surface area contributed by atoms with Crippen LogP contribution in [0.4, 0.5) is 5.69 Å². The smallest absolute Gasteiger partial charge is 0.310 e. The van der Waals surface area contributed by atoms with Crippen molar-refractivity contribution in [2.45, 2.75) is 0 Å². The second kappa shape index (κ2) is 8.20. The lowest BCUT2D eigenvalue weighted by Gasteiger charge is -2.00. The molecule has 0 bridgehead atoms. The van der Waals surface area contributed by atoms with Gasteiger partial charge in [0.1, 0.15) is 12.2 Å². The number of nitrogens with zero attached hydrogens (tertiary/aromatic N) is 3. The van der Waals surface area contributed by atoms with E-state index in [1.54, 1.807) is 24.3 Å². The number of carbonyl (C=O) groups excluding carboxylic acids is 1. The highest BCUT2D eigenvalue weighted by molar-refractivity contribution is 6.36. The van der Waals surface area contributed by atoms with Gasteiger partial charge in [0.25, 0.3) is 0 Å². The second-order valence-electron chi connectivity index (χ2n) is 5.69. The van der Waals surface area contributed by atoms with Crippen LogP contribution < -0.4 is 0 Å². The van der Waals surface area contributed by atoms with Crippen molar-refractivity contribution >= 4 is 40.9 Å². The zero-order chi connectivity index (χ0) is 20.3. The molecule has 0 spiro atoms. The average Bonchev–Trinajstić information content (AvgIpc) is 3.11. The van der Waals surface area contributed by atoms with Crippen molar-refractivity contribution in [1.82, 2.24) is 10.2 Å². The van der Waals surface area contributed by atoms with Gasteiger partial charge in [-0.25, -0.2) is 0 Å². The second-order valence-corrected chi connectivity index (χ2v) is 6.53. The summed E-state index contributed by atoms with van der Waals surface area (Å²) in [5.41, 5.74) is 1.40. The first kappa shape index (κ1) is 19.5. The Morgan fingerprint density at radius 2 is 2.04 bits per heavy atom. The van der Waals surface area contributed by atoms with E-state index in [1.807, 2.05) is 0 Å². The van der Waals surface area contributed by atoms with Gasteiger partial charge < -0.3 is 5.11 Å². The molecule has 3 aromatic rings. The van der Waals surface area contributed by atoms with E-state index < -0.39 is 16.4 Å². The number of nitro groups is 1. The van der Waals surface area contributed by atoms with Crippen LogP contribution >= 0.6 is 23.2 Å². The van der Waals surface area contributed by atoms with Gasteiger partial charge in [-0.2, -0.15) is 5.10 Å². The molecule has 0 saturated carbocycles. The van der Waals surface area contributed by atoms with Crippen LogP contribution in [0, 0.1) is 10.1 Å². The lowest BCUT2D eigenvalue weighted by Crippen LogP contribution is -2.04. The highest BCUT2D eigenvalue weighted by atomic mass is 35.5. The topological polar surface area (TPSA) is 121 Å². The fourth-order valence-corrected chi connectivity index (χ4v) is 2.90. The summed E-state index contributed by atoms with van der Waals surface area (Å²) < 4.78 is 0. The van der Waals surface area contributed by atoms with Crippen molar-refractivity contribution in [3.63, 3.8) is 0 Å². The van der Waals surface area contributed by atoms with Crippen LogP contribution in [0.25, 0.3) is 11.3 Å². The van der Waals surface area contributed by atoms with Crippen LogP contribution in [0.2, 0.25) is 10.0 Å². The van der Waals surface area contributed by atoms with Crippen molar-refractivity contribution in [2.75, 3.05) is 6.54 Å². The van der Waals surface area contributed by atoms with Gasteiger partial charge in [0.05, 0.1) is 15.6 Å². The van der Waals surface area contributed by atoms with Gasteiger partial charge in [0.2, 0.25) is 5.78 Å². The first-order chi connectivity index (χ1) is 13.3. The summed E-state index contributed by atoms with van der Waals surface area (Å²) in [6, 6.07) is 10.3. The third-order valence-electron chi connectivity index (χ3n) is 3.76. The minimum Gasteiger partial charge on any atom is -0.502 e. The molecule has 0 fully saturated rings. The molecule has 0 atom stereocenters. The maximum absolute atomic E-state index is 12.3. The summed E-state index contributed by atoms with van der Waals surface area (Å²) in [5.74, 6) is -0.787. The van der Waals surface area contributed by atoms with Gasteiger partial charge in [0.15, 0.2) is 5.75 Å². The molecule has 8 nitrogen and oxygen atoms in total. The van der Waals surface area contributed by atoms with E-state index in [0.29, 0.717) is 26.9 Å². The van der Waals surface area contributed by atoms with Crippen LogP contribution in [0.1, 0.15) is 16.1 Å². The number of halogens is 2. The van der Waals surface area contributed by atoms with Gasteiger partial charge in [0, 0.05) is 22.9 Å². The molecule has 28 heavy (non-hydrogen) atoms. The number of nitro benzene ring substituents is 1. The molecule has 0 amide bonds. The number of nitrogens with one attached hydrogen (secondary N) is 1. The molecule has 1 aromatic heterocycles. The Morgan fingerprint density at radius 1 is 1.25 bits per heavy atom. The van der Waals surface area contributed by atoms with Crippen LogP contribution in [0.3, 0.4) is 0 Å². The fourth-order valence-electron chi connectivity index (χ4n) is 2.39. The molecule has 0 radical (unpaired) electrons. The van der Waals surface area contributed by atoms with E-state index in [4.69, 9.17) is 23.2 Å². The van der Waals surface area contributed by atoms with Crippen molar-refractivity contribution in [3.05, 3.63) is 73.9 Å². The lowest BCUT2D eigenvalue weighted by molar-refractivity contribution is -0.385. The van der Waals surface area contributed by atoms with E-state index in [1.165, 1.54) is 18.3 Å². The maximum atomic E-state index is 12.3. The minimum absolute atomic E-state index is 0.173. The summed E-state index contributed by atoms with van der Waals surface area (Å²) in [6.07, 6.45) is 1.34. The molecule has 2 aromatic carbocycles. The molecular weight excluding hydrogens is 407 g/mol. The zero-order valence-electron chi connectivity index (χ0n) is 14.1. The molecule has 0 saturated heterocycles. The highest BCUT2D eigenvalue weighted by Gasteiger charge is 2.14. The molecule has 0 aliphatic rings. The molecule has 3 rings (SSSR count). The van der Waals surface area contributed by atoms with E-state index >= 15 is 0 Å². The quantitative estimate of drug-likeness (QED) is 0.267. The first-order valence-corrected chi connectivity index (χ1v) is 8.62. The summed E-state index contributed by atoms with van der Waals surface area (Å²) >= 11 is 12.0. The Balaban J connectivity index is 1.69. The summed E-state index contributed by atoms with van der Waals surface area (Å²) in [4.78, 5) is 26.2. The van der Waals surface area contributed by atoms with E-state index in [2.05, 4.69) is 15.2 Å². The number of hydrogen-bond donors (Lipinski definition) is 2. The van der Waals surface area contributed by atoms with Crippen LogP contribution in [0.15, 0.2) is 47.5 Å². The zero-order valence-corrected chi connectivity index (χ0v) is 15.6. The molecule has 142 valence electrons. The Kier molecular flexibility index (Phi) is 5.72. The van der Waals surface area contributed by atoms with Crippen molar-refractivity contribution in [1.29, 1.82) is 0 Å². The number of aromatic nitrogens is 2. The molecule has 2 N–H and O–H groups in total. The summed E-state index contributed by atoms with van der Waals surface area (Å²) in [6.45, 7) is -0.173. The largest absolute Gasteiger partial charge is 0.502 e. The van der Waals surface area contributed by atoms with Gasteiger partial charge in [-0.05, 0) is 42.0 Å². The minimum atomic E-state index is -0.692. The highest BCUT2D eigenvalue weighted by Crippen LogP contribution is 2.29. The van der Waals surface area contributed by atoms with E-state index in [0.717, 1.165) is 6.07 Å². The third-order valence-corrected chi connectivity index (χ3v) is 4.30. The van der Waals surface area contributed by atoms with E-state index in [9.17, 15) is 20.0 Å². The number of rotatable bonds is 6. The normalized spacial score (nSPS) is 11.1. The molecule has 10 heteroatoms. The Bertz CT molecular complexity index is 1090. The number of phenols is 1. The van der Waals surface area contributed by atoms with Gasteiger partial charge >= 0.3 is 5.69 Å². The van der Waals surface area contributed by atoms with Crippen molar-refractivity contribution in [2.24, 2.45) is 4.99 Å². The Morgan fingerprint density at radius 3 is 2.71 bits per heavy atom. The summed E-state index contributed by atoms with van der Waals surface area (Å²) in [5, 5.41) is 27.9. The van der Waals surface area contributed by atoms with E-state index in [-0.39, 0.29) is 18.0 Å².